The standard InChI is InChI=1S/C57H35N5S/c1-4-15-36(16-5-1)55-58-56(37-17-6-2-7-18-37)60-57(59-55)40-29-32-53-47(34-40)45-23-14-26-51(54(45)63-53)62-49-25-13-10-21-42(49)44-30-27-39(35-52(44)62)38-28-31-50-46(33-38)43-22-11-12-24-48(43)61(50)41-19-8-3-9-20-41/h1-35H. The molecule has 0 saturated carbocycles. The lowest BCUT2D eigenvalue weighted by atomic mass is 10.0. The van der Waals surface area contributed by atoms with Gasteiger partial charge in [0.2, 0.25) is 0 Å². The number of para-hydroxylation sites is 3. The first-order valence-electron chi connectivity index (χ1n) is 21.2. The lowest BCUT2D eigenvalue weighted by molar-refractivity contribution is 1.07. The second kappa shape index (κ2) is 14.2. The topological polar surface area (TPSA) is 48.5 Å². The van der Waals surface area contributed by atoms with E-state index in [-0.39, 0.29) is 0 Å². The van der Waals surface area contributed by atoms with Crippen molar-refractivity contribution in [1.82, 2.24) is 24.1 Å². The number of rotatable bonds is 6. The maximum atomic E-state index is 5.05. The molecule has 0 bridgehead atoms. The Balaban J connectivity index is 0.973. The summed E-state index contributed by atoms with van der Waals surface area (Å²) in [6.45, 7) is 0. The van der Waals surface area contributed by atoms with E-state index < -0.39 is 0 Å². The van der Waals surface area contributed by atoms with E-state index >= 15 is 0 Å². The van der Waals surface area contributed by atoms with Crippen LogP contribution >= 0.6 is 11.3 Å². The average molecular weight is 822 g/mol. The number of hydrogen-bond acceptors (Lipinski definition) is 4. The van der Waals surface area contributed by atoms with Crippen LogP contribution in [0.15, 0.2) is 212 Å². The molecule has 0 atom stereocenters. The molecule has 0 amide bonds. The first-order valence-corrected chi connectivity index (χ1v) is 22.0. The van der Waals surface area contributed by atoms with Crippen LogP contribution in [0.3, 0.4) is 0 Å². The van der Waals surface area contributed by atoms with Gasteiger partial charge in [-0.25, -0.2) is 15.0 Å². The smallest absolute Gasteiger partial charge is 0.164 e. The van der Waals surface area contributed by atoms with Crippen molar-refractivity contribution in [2.45, 2.75) is 0 Å². The van der Waals surface area contributed by atoms with E-state index in [0.717, 1.165) is 28.1 Å². The molecule has 0 aliphatic carbocycles. The van der Waals surface area contributed by atoms with Crippen LogP contribution in [0.2, 0.25) is 0 Å². The third-order valence-corrected chi connectivity index (χ3v) is 13.6. The first kappa shape index (κ1) is 35.6. The maximum absolute atomic E-state index is 5.05. The summed E-state index contributed by atoms with van der Waals surface area (Å²) in [6, 6.07) is 75.7. The van der Waals surface area contributed by atoms with Crippen molar-refractivity contribution >= 4 is 75.1 Å². The molecule has 0 fully saturated rings. The quantitative estimate of drug-likeness (QED) is 0.168. The molecule has 0 N–H and O–H groups in total. The molecule has 9 aromatic carbocycles. The fraction of sp³-hybridized carbons (Fsp3) is 0. The Hall–Kier alpha value is -8.19. The monoisotopic (exact) mass is 821 g/mol. The number of thiophene rings is 1. The second-order valence-corrected chi connectivity index (χ2v) is 17.1. The largest absolute Gasteiger partial charge is 0.309 e. The minimum Gasteiger partial charge on any atom is -0.309 e. The van der Waals surface area contributed by atoms with Gasteiger partial charge in [-0.05, 0) is 77.9 Å². The molecule has 4 aromatic heterocycles. The van der Waals surface area contributed by atoms with Crippen molar-refractivity contribution in [2.24, 2.45) is 0 Å². The highest BCUT2D eigenvalue weighted by Crippen LogP contribution is 2.43. The van der Waals surface area contributed by atoms with Crippen molar-refractivity contribution in [3.8, 4) is 56.7 Å². The summed E-state index contributed by atoms with van der Waals surface area (Å²) in [5.74, 6) is 1.96. The Kier molecular flexibility index (Phi) is 8.01. The number of benzene rings is 9. The molecule has 0 spiro atoms. The zero-order valence-corrected chi connectivity index (χ0v) is 34.7. The predicted molar refractivity (Wildman–Crippen MR) is 263 cm³/mol. The van der Waals surface area contributed by atoms with Gasteiger partial charge in [0.1, 0.15) is 0 Å². The lowest BCUT2D eigenvalue weighted by Gasteiger charge is -2.11. The zero-order valence-electron chi connectivity index (χ0n) is 33.9. The summed E-state index contributed by atoms with van der Waals surface area (Å²) in [5, 5.41) is 7.34. The summed E-state index contributed by atoms with van der Waals surface area (Å²) in [7, 11) is 0. The average Bonchev–Trinajstić information content (AvgIpc) is 4.02. The van der Waals surface area contributed by atoms with Crippen LogP contribution in [0.1, 0.15) is 0 Å². The van der Waals surface area contributed by atoms with E-state index in [1.54, 1.807) is 0 Å². The molecular formula is C57H35N5S. The maximum Gasteiger partial charge on any atom is 0.164 e. The molecule has 6 heteroatoms. The molecule has 0 unspecified atom stereocenters. The second-order valence-electron chi connectivity index (χ2n) is 16.0. The molecule has 0 radical (unpaired) electrons. The van der Waals surface area contributed by atoms with Gasteiger partial charge in [0.05, 0.1) is 32.5 Å². The molecule has 13 aromatic rings. The highest BCUT2D eigenvalue weighted by molar-refractivity contribution is 7.26. The van der Waals surface area contributed by atoms with E-state index in [2.05, 4.69) is 161 Å². The third-order valence-electron chi connectivity index (χ3n) is 12.4. The Morgan fingerprint density at radius 2 is 0.810 bits per heavy atom. The minimum atomic E-state index is 0.651. The third kappa shape index (κ3) is 5.73. The predicted octanol–water partition coefficient (Wildman–Crippen LogP) is 15.1. The number of hydrogen-bond donors (Lipinski definition) is 0. The van der Waals surface area contributed by atoms with E-state index in [1.165, 1.54) is 74.9 Å². The van der Waals surface area contributed by atoms with Crippen molar-refractivity contribution in [2.75, 3.05) is 0 Å². The van der Waals surface area contributed by atoms with Crippen LogP contribution in [0.25, 0.3) is 120 Å². The van der Waals surface area contributed by atoms with E-state index in [0.29, 0.717) is 17.5 Å². The van der Waals surface area contributed by atoms with Gasteiger partial charge in [0, 0.05) is 59.4 Å². The van der Waals surface area contributed by atoms with Gasteiger partial charge >= 0.3 is 0 Å². The molecule has 0 aliphatic heterocycles. The molecule has 13 rings (SSSR count). The summed E-state index contributed by atoms with van der Waals surface area (Å²) in [4.78, 5) is 15.0. The number of fused-ring (bicyclic) bond motifs is 9. The van der Waals surface area contributed by atoms with Crippen LogP contribution in [-0.4, -0.2) is 24.1 Å². The van der Waals surface area contributed by atoms with E-state index in [9.17, 15) is 0 Å². The highest BCUT2D eigenvalue weighted by atomic mass is 32.1. The van der Waals surface area contributed by atoms with Crippen molar-refractivity contribution in [3.05, 3.63) is 212 Å². The van der Waals surface area contributed by atoms with Gasteiger partial charge < -0.3 is 9.13 Å². The Morgan fingerprint density at radius 3 is 1.52 bits per heavy atom. The first-order chi connectivity index (χ1) is 31.2. The van der Waals surface area contributed by atoms with Crippen molar-refractivity contribution in [3.63, 3.8) is 0 Å². The molecule has 63 heavy (non-hydrogen) atoms. The Morgan fingerprint density at radius 1 is 0.302 bits per heavy atom. The minimum absolute atomic E-state index is 0.651. The van der Waals surface area contributed by atoms with Gasteiger partial charge in [-0.1, -0.05) is 146 Å². The van der Waals surface area contributed by atoms with Crippen molar-refractivity contribution < 1.29 is 0 Å². The van der Waals surface area contributed by atoms with Crippen LogP contribution < -0.4 is 0 Å². The van der Waals surface area contributed by atoms with Crippen LogP contribution in [0.5, 0.6) is 0 Å². The highest BCUT2D eigenvalue weighted by Gasteiger charge is 2.20. The van der Waals surface area contributed by atoms with Crippen LogP contribution in [0.4, 0.5) is 0 Å². The van der Waals surface area contributed by atoms with E-state index in [1.807, 2.05) is 72.0 Å². The summed E-state index contributed by atoms with van der Waals surface area (Å²) < 4.78 is 7.29. The number of nitrogens with zero attached hydrogens (tertiary/aromatic N) is 5. The Bertz CT molecular complexity index is 3850. The molecule has 0 saturated heterocycles. The van der Waals surface area contributed by atoms with Crippen molar-refractivity contribution in [1.29, 1.82) is 0 Å². The van der Waals surface area contributed by atoms with Crippen LogP contribution in [-0.2, 0) is 0 Å². The van der Waals surface area contributed by atoms with Gasteiger partial charge in [0.15, 0.2) is 17.5 Å². The molecule has 294 valence electrons. The zero-order chi connectivity index (χ0) is 41.4. The molecular weight excluding hydrogens is 787 g/mol. The molecule has 5 nitrogen and oxygen atoms in total. The lowest BCUT2D eigenvalue weighted by Crippen LogP contribution is -2.00. The van der Waals surface area contributed by atoms with Gasteiger partial charge in [-0.3, -0.25) is 0 Å². The van der Waals surface area contributed by atoms with E-state index in [4.69, 9.17) is 15.0 Å². The SMILES string of the molecule is c1ccc(-c2nc(-c3ccccc3)nc(-c3ccc4sc5c(-n6c7ccccc7c7ccc(-c8ccc9c(c8)c8ccccc8n9-c8ccccc8)cc76)cccc5c4c3)n2)cc1. The summed E-state index contributed by atoms with van der Waals surface area (Å²) in [6.07, 6.45) is 0. The fourth-order valence-corrected chi connectivity index (χ4v) is 10.6. The van der Waals surface area contributed by atoms with Crippen LogP contribution in [0, 0.1) is 0 Å². The summed E-state index contributed by atoms with van der Waals surface area (Å²) >= 11 is 1.83. The van der Waals surface area contributed by atoms with Gasteiger partial charge in [0.25, 0.3) is 0 Å². The molecule has 0 aliphatic rings. The van der Waals surface area contributed by atoms with Gasteiger partial charge in [-0.15, -0.1) is 11.3 Å². The normalized spacial score (nSPS) is 11.8. The number of aromatic nitrogens is 5. The Labute approximate surface area is 366 Å². The fourth-order valence-electron chi connectivity index (χ4n) is 9.45. The molecule has 4 heterocycles. The van der Waals surface area contributed by atoms with Gasteiger partial charge in [-0.2, -0.15) is 0 Å². The summed E-state index contributed by atoms with van der Waals surface area (Å²) in [5.41, 5.74) is 12.3.